The Morgan fingerprint density at radius 1 is 1.06 bits per heavy atom. The van der Waals surface area contributed by atoms with Crippen molar-refractivity contribution in [2.45, 2.75) is 34.2 Å². The van der Waals surface area contributed by atoms with Gasteiger partial charge in [0.15, 0.2) is 5.82 Å². The SMILES string of the molecule is CC.COC(C)=O.COc1ccc2c(c1)C(c1ccc(Cl)cc1)=NCc1nnc(C)n1-2. The molecule has 2 heterocycles. The first kappa shape index (κ1) is 24.1. The molecule has 0 N–H and O–H groups in total. The molecule has 164 valence electrons. The number of aromatic nitrogens is 3. The highest BCUT2D eigenvalue weighted by molar-refractivity contribution is 6.30. The van der Waals surface area contributed by atoms with Gasteiger partial charge in [-0.3, -0.25) is 14.4 Å². The fraction of sp³-hybridized carbons (Fsp3) is 0.304. The molecule has 0 aliphatic carbocycles. The molecule has 4 rings (SSSR count). The molecule has 0 unspecified atom stereocenters. The summed E-state index contributed by atoms with van der Waals surface area (Å²) in [5, 5.41) is 9.14. The summed E-state index contributed by atoms with van der Waals surface area (Å²) in [6, 6.07) is 13.6. The van der Waals surface area contributed by atoms with Crippen LogP contribution in [-0.4, -0.2) is 40.7 Å². The van der Waals surface area contributed by atoms with E-state index in [0.717, 1.165) is 39.9 Å². The van der Waals surface area contributed by atoms with Crippen molar-refractivity contribution in [2.24, 2.45) is 4.99 Å². The molecule has 0 spiro atoms. The lowest BCUT2D eigenvalue weighted by atomic mass is 10.00. The number of benzene rings is 2. The standard InChI is InChI=1S/C18H15ClN4O.C3H6O2.C2H6/c1-11-21-22-17-10-20-18(12-3-5-13(19)6-4-12)15-9-14(24-2)7-8-16(15)23(11)17;1-3(4)5-2;1-2/h3-9H,10H2,1-2H3;1-2H3;1-2H3. The highest BCUT2D eigenvalue weighted by Gasteiger charge is 2.22. The van der Waals surface area contributed by atoms with E-state index in [2.05, 4.69) is 14.9 Å². The Hall–Kier alpha value is -3.19. The van der Waals surface area contributed by atoms with E-state index < -0.39 is 0 Å². The minimum Gasteiger partial charge on any atom is -0.497 e. The van der Waals surface area contributed by atoms with Gasteiger partial charge in [-0.1, -0.05) is 37.6 Å². The van der Waals surface area contributed by atoms with Gasteiger partial charge in [0, 0.05) is 23.1 Å². The molecule has 2 aromatic carbocycles. The third-order valence-electron chi connectivity index (χ3n) is 4.38. The molecule has 1 aliphatic rings. The second-order valence-corrected chi connectivity index (χ2v) is 6.69. The Morgan fingerprint density at radius 2 is 1.71 bits per heavy atom. The third-order valence-corrected chi connectivity index (χ3v) is 4.63. The molecule has 3 aromatic rings. The van der Waals surface area contributed by atoms with Gasteiger partial charge in [0.05, 0.1) is 25.6 Å². The molecule has 8 heteroatoms. The van der Waals surface area contributed by atoms with E-state index in [4.69, 9.17) is 21.3 Å². The van der Waals surface area contributed by atoms with E-state index in [9.17, 15) is 4.79 Å². The zero-order chi connectivity index (χ0) is 23.0. The smallest absolute Gasteiger partial charge is 0.302 e. The van der Waals surface area contributed by atoms with E-state index in [0.29, 0.717) is 11.6 Å². The van der Waals surface area contributed by atoms with E-state index in [1.54, 1.807) is 7.11 Å². The van der Waals surface area contributed by atoms with Crippen molar-refractivity contribution in [1.29, 1.82) is 0 Å². The number of hydrogen-bond acceptors (Lipinski definition) is 6. The number of aryl methyl sites for hydroxylation is 1. The van der Waals surface area contributed by atoms with Crippen molar-refractivity contribution in [3.8, 4) is 11.4 Å². The normalized spacial score (nSPS) is 11.3. The minimum absolute atomic E-state index is 0.245. The number of esters is 1. The third kappa shape index (κ3) is 5.70. The van der Waals surface area contributed by atoms with Gasteiger partial charge in [-0.2, -0.15) is 0 Å². The summed E-state index contributed by atoms with van der Waals surface area (Å²) < 4.78 is 11.6. The number of rotatable bonds is 2. The van der Waals surface area contributed by atoms with Gasteiger partial charge in [0.25, 0.3) is 0 Å². The van der Waals surface area contributed by atoms with Crippen molar-refractivity contribution < 1.29 is 14.3 Å². The van der Waals surface area contributed by atoms with Crippen molar-refractivity contribution in [1.82, 2.24) is 14.8 Å². The molecule has 0 atom stereocenters. The van der Waals surface area contributed by atoms with Gasteiger partial charge in [-0.25, -0.2) is 0 Å². The van der Waals surface area contributed by atoms with Gasteiger partial charge >= 0.3 is 5.97 Å². The van der Waals surface area contributed by atoms with Crippen LogP contribution in [0.25, 0.3) is 5.69 Å². The second kappa shape index (κ2) is 11.3. The van der Waals surface area contributed by atoms with Crippen LogP contribution >= 0.6 is 11.6 Å². The maximum atomic E-state index is 9.59. The summed E-state index contributed by atoms with van der Waals surface area (Å²) in [5.74, 6) is 2.20. The number of halogens is 1. The van der Waals surface area contributed by atoms with Crippen LogP contribution in [0.3, 0.4) is 0 Å². The molecule has 0 bridgehead atoms. The lowest BCUT2D eigenvalue weighted by Crippen LogP contribution is -2.08. The highest BCUT2D eigenvalue weighted by atomic mass is 35.5. The van der Waals surface area contributed by atoms with Crippen LogP contribution in [0, 0.1) is 6.92 Å². The molecule has 1 aliphatic heterocycles. The van der Waals surface area contributed by atoms with Gasteiger partial charge < -0.3 is 9.47 Å². The predicted molar refractivity (Wildman–Crippen MR) is 122 cm³/mol. The molecule has 0 fully saturated rings. The summed E-state index contributed by atoms with van der Waals surface area (Å²) in [6.07, 6.45) is 0. The molecule has 31 heavy (non-hydrogen) atoms. The molecule has 0 radical (unpaired) electrons. The molecule has 0 saturated carbocycles. The molecule has 0 saturated heterocycles. The Bertz CT molecular complexity index is 1060. The molecule has 0 amide bonds. The Labute approximate surface area is 187 Å². The summed E-state index contributed by atoms with van der Waals surface area (Å²) in [5.41, 5.74) is 3.88. The van der Waals surface area contributed by atoms with Crippen molar-refractivity contribution in [2.75, 3.05) is 14.2 Å². The predicted octanol–water partition coefficient (Wildman–Crippen LogP) is 4.79. The number of aliphatic imine (C=N–C) groups is 1. The lowest BCUT2D eigenvalue weighted by molar-refractivity contribution is -0.137. The van der Waals surface area contributed by atoms with Crippen molar-refractivity contribution in [3.63, 3.8) is 0 Å². The van der Waals surface area contributed by atoms with E-state index in [1.807, 2.05) is 67.8 Å². The lowest BCUT2D eigenvalue weighted by Gasteiger charge is -2.14. The minimum atomic E-state index is -0.245. The Balaban J connectivity index is 0.000000432. The van der Waals surface area contributed by atoms with Crippen LogP contribution < -0.4 is 4.74 Å². The Kier molecular flexibility index (Phi) is 8.75. The monoisotopic (exact) mass is 442 g/mol. The molecule has 7 nitrogen and oxygen atoms in total. The summed E-state index contributed by atoms with van der Waals surface area (Å²) in [7, 11) is 3.01. The van der Waals surface area contributed by atoms with Crippen LogP contribution in [0.4, 0.5) is 0 Å². The maximum Gasteiger partial charge on any atom is 0.302 e. The quantitative estimate of drug-likeness (QED) is 0.533. The van der Waals surface area contributed by atoms with Gasteiger partial charge in [0.2, 0.25) is 0 Å². The van der Waals surface area contributed by atoms with Crippen LogP contribution in [0.1, 0.15) is 43.5 Å². The molecular weight excluding hydrogens is 416 g/mol. The van der Waals surface area contributed by atoms with Crippen LogP contribution in [0.5, 0.6) is 5.75 Å². The fourth-order valence-electron chi connectivity index (χ4n) is 2.94. The highest BCUT2D eigenvalue weighted by Crippen LogP contribution is 2.29. The zero-order valence-corrected chi connectivity index (χ0v) is 19.4. The summed E-state index contributed by atoms with van der Waals surface area (Å²) in [6.45, 7) is 7.77. The first-order chi connectivity index (χ1) is 14.9. The van der Waals surface area contributed by atoms with E-state index in [-0.39, 0.29) is 5.97 Å². The average Bonchev–Trinajstić information content (AvgIpc) is 3.08. The van der Waals surface area contributed by atoms with Gasteiger partial charge in [0.1, 0.15) is 18.1 Å². The van der Waals surface area contributed by atoms with Crippen LogP contribution in [0.2, 0.25) is 5.02 Å². The van der Waals surface area contributed by atoms with Gasteiger partial charge in [-0.15, -0.1) is 10.2 Å². The number of hydrogen-bond donors (Lipinski definition) is 0. The topological polar surface area (TPSA) is 78.6 Å². The number of nitrogens with zero attached hydrogens (tertiary/aromatic N) is 4. The largest absolute Gasteiger partial charge is 0.497 e. The van der Waals surface area contributed by atoms with Crippen molar-refractivity contribution in [3.05, 3.63) is 70.3 Å². The second-order valence-electron chi connectivity index (χ2n) is 6.25. The fourth-order valence-corrected chi connectivity index (χ4v) is 3.06. The number of ether oxygens (including phenoxy) is 2. The summed E-state index contributed by atoms with van der Waals surface area (Å²) in [4.78, 5) is 14.4. The zero-order valence-electron chi connectivity index (χ0n) is 18.6. The first-order valence-corrected chi connectivity index (χ1v) is 10.3. The Morgan fingerprint density at radius 3 is 2.29 bits per heavy atom. The van der Waals surface area contributed by atoms with Crippen molar-refractivity contribution >= 4 is 23.3 Å². The molecular formula is C23H27ClN4O3. The van der Waals surface area contributed by atoms with E-state index >= 15 is 0 Å². The number of carbonyl (C=O) groups excluding carboxylic acids is 1. The summed E-state index contributed by atoms with van der Waals surface area (Å²) >= 11 is 6.02. The average molecular weight is 443 g/mol. The van der Waals surface area contributed by atoms with E-state index in [1.165, 1.54) is 14.0 Å². The number of methoxy groups -OCH3 is 2. The maximum absolute atomic E-state index is 9.59. The van der Waals surface area contributed by atoms with Crippen LogP contribution in [-0.2, 0) is 16.1 Å². The van der Waals surface area contributed by atoms with Crippen LogP contribution in [0.15, 0.2) is 47.5 Å². The van der Waals surface area contributed by atoms with Gasteiger partial charge in [-0.05, 0) is 37.3 Å². The molecule has 1 aromatic heterocycles. The first-order valence-electron chi connectivity index (χ1n) is 9.89. The number of fused-ring (bicyclic) bond motifs is 3. The number of carbonyl (C=O) groups is 1.